The normalized spacial score (nSPS) is 16.6. The van der Waals surface area contributed by atoms with Gasteiger partial charge in [0.15, 0.2) is 0 Å². The fraction of sp³-hybridized carbons (Fsp3) is 0.400. The predicted octanol–water partition coefficient (Wildman–Crippen LogP) is 2.12. The van der Waals surface area contributed by atoms with Crippen LogP contribution in [0.2, 0.25) is 0 Å². The number of nitrogens with zero attached hydrogens (tertiary/aromatic N) is 2. The Morgan fingerprint density at radius 1 is 1.30 bits per heavy atom. The average Bonchev–Trinajstić information content (AvgIpc) is 2.47. The molecule has 0 spiro atoms. The Balaban J connectivity index is 2.14. The SMILES string of the molecule is COc1cccc2c(N3CCS(=O)CC3)c(C)cnc12. The van der Waals surface area contributed by atoms with Crippen LogP contribution in [0.15, 0.2) is 24.4 Å². The molecular formula is C15H18N2O2S. The number of ether oxygens (including phenoxy) is 1. The van der Waals surface area contributed by atoms with Crippen molar-refractivity contribution in [2.45, 2.75) is 6.92 Å². The molecule has 0 saturated carbocycles. The van der Waals surface area contributed by atoms with Crippen molar-refractivity contribution in [3.8, 4) is 5.75 Å². The van der Waals surface area contributed by atoms with E-state index in [0.29, 0.717) is 0 Å². The Kier molecular flexibility index (Phi) is 3.61. The lowest BCUT2D eigenvalue weighted by atomic mass is 10.1. The zero-order valence-corrected chi connectivity index (χ0v) is 12.6. The molecule has 1 fully saturated rings. The lowest BCUT2D eigenvalue weighted by molar-refractivity contribution is 0.419. The second-order valence-corrected chi connectivity index (χ2v) is 6.68. The van der Waals surface area contributed by atoms with Gasteiger partial charge in [-0.1, -0.05) is 12.1 Å². The summed E-state index contributed by atoms with van der Waals surface area (Å²) < 4.78 is 16.9. The van der Waals surface area contributed by atoms with Crippen LogP contribution in [0.5, 0.6) is 5.75 Å². The summed E-state index contributed by atoms with van der Waals surface area (Å²) in [5.41, 5.74) is 3.24. The van der Waals surface area contributed by atoms with Crippen LogP contribution in [0.3, 0.4) is 0 Å². The minimum absolute atomic E-state index is 0.663. The van der Waals surface area contributed by atoms with E-state index in [2.05, 4.69) is 22.9 Å². The fourth-order valence-electron chi connectivity index (χ4n) is 2.73. The Hall–Kier alpha value is -1.62. The van der Waals surface area contributed by atoms with Crippen molar-refractivity contribution in [1.82, 2.24) is 4.98 Å². The molecule has 1 aromatic heterocycles. The van der Waals surface area contributed by atoms with Crippen LogP contribution in [-0.4, -0.2) is 40.9 Å². The van der Waals surface area contributed by atoms with Crippen molar-refractivity contribution in [3.63, 3.8) is 0 Å². The summed E-state index contributed by atoms with van der Waals surface area (Å²) in [5, 5.41) is 1.11. The summed E-state index contributed by atoms with van der Waals surface area (Å²) >= 11 is 0. The number of hydrogen-bond acceptors (Lipinski definition) is 4. The quantitative estimate of drug-likeness (QED) is 0.849. The van der Waals surface area contributed by atoms with E-state index in [4.69, 9.17) is 4.74 Å². The third-order valence-corrected chi connectivity index (χ3v) is 5.00. The molecule has 2 heterocycles. The number of aromatic nitrogens is 1. The van der Waals surface area contributed by atoms with Gasteiger partial charge in [0.1, 0.15) is 11.3 Å². The highest BCUT2D eigenvalue weighted by molar-refractivity contribution is 7.85. The maximum absolute atomic E-state index is 11.5. The number of benzene rings is 1. The van der Waals surface area contributed by atoms with Crippen molar-refractivity contribution in [2.75, 3.05) is 36.6 Å². The minimum atomic E-state index is -0.663. The first-order chi connectivity index (χ1) is 9.70. The molecule has 2 aromatic rings. The van der Waals surface area contributed by atoms with Crippen LogP contribution in [0, 0.1) is 6.92 Å². The van der Waals surface area contributed by atoms with Gasteiger partial charge in [0.25, 0.3) is 0 Å². The second-order valence-electron chi connectivity index (χ2n) is 4.98. The maximum atomic E-state index is 11.5. The molecule has 1 aromatic carbocycles. The van der Waals surface area contributed by atoms with E-state index in [1.807, 2.05) is 18.3 Å². The first-order valence-corrected chi connectivity index (χ1v) is 8.21. The van der Waals surface area contributed by atoms with Crippen LogP contribution in [0.1, 0.15) is 5.56 Å². The van der Waals surface area contributed by atoms with Crippen LogP contribution in [-0.2, 0) is 10.8 Å². The van der Waals surface area contributed by atoms with Crippen molar-refractivity contribution in [2.24, 2.45) is 0 Å². The highest BCUT2D eigenvalue weighted by Gasteiger charge is 2.20. The smallest absolute Gasteiger partial charge is 0.145 e. The number of methoxy groups -OCH3 is 1. The van der Waals surface area contributed by atoms with Gasteiger partial charge in [-0.2, -0.15) is 0 Å². The molecule has 0 amide bonds. The highest BCUT2D eigenvalue weighted by atomic mass is 32.2. The minimum Gasteiger partial charge on any atom is -0.494 e. The topological polar surface area (TPSA) is 42.4 Å². The molecule has 0 N–H and O–H groups in total. The summed E-state index contributed by atoms with van der Waals surface area (Å²) in [6.45, 7) is 3.75. The van der Waals surface area contributed by atoms with E-state index in [-0.39, 0.29) is 0 Å². The van der Waals surface area contributed by atoms with Gasteiger partial charge >= 0.3 is 0 Å². The molecule has 20 heavy (non-hydrogen) atoms. The van der Waals surface area contributed by atoms with Gasteiger partial charge in [-0.25, -0.2) is 0 Å². The van der Waals surface area contributed by atoms with Gasteiger partial charge in [0, 0.05) is 47.0 Å². The van der Waals surface area contributed by atoms with Gasteiger partial charge in [-0.3, -0.25) is 9.19 Å². The molecule has 1 aliphatic heterocycles. The van der Waals surface area contributed by atoms with Crippen LogP contribution in [0.25, 0.3) is 10.9 Å². The number of rotatable bonds is 2. The number of para-hydroxylation sites is 1. The zero-order valence-electron chi connectivity index (χ0n) is 11.8. The standard InChI is InChI=1S/C15H18N2O2S/c1-11-10-16-14-12(4-3-5-13(14)19-2)15(11)17-6-8-20(18)9-7-17/h3-5,10H,6-9H2,1-2H3. The van der Waals surface area contributed by atoms with Gasteiger partial charge < -0.3 is 9.64 Å². The average molecular weight is 290 g/mol. The lowest BCUT2D eigenvalue weighted by Crippen LogP contribution is -2.38. The van der Waals surface area contributed by atoms with E-state index < -0.39 is 10.8 Å². The summed E-state index contributed by atoms with van der Waals surface area (Å²) in [6, 6.07) is 6.01. The molecule has 1 aliphatic rings. The van der Waals surface area contributed by atoms with Crippen LogP contribution < -0.4 is 9.64 Å². The van der Waals surface area contributed by atoms with E-state index >= 15 is 0 Å². The molecule has 106 valence electrons. The Labute approximate surface area is 121 Å². The summed E-state index contributed by atoms with van der Waals surface area (Å²) in [7, 11) is 1.00. The third kappa shape index (κ3) is 2.26. The predicted molar refractivity (Wildman–Crippen MR) is 83.1 cm³/mol. The van der Waals surface area contributed by atoms with Crippen LogP contribution in [0.4, 0.5) is 5.69 Å². The number of pyridine rings is 1. The van der Waals surface area contributed by atoms with Gasteiger partial charge in [-0.05, 0) is 18.6 Å². The van der Waals surface area contributed by atoms with Gasteiger partial charge in [0.05, 0.1) is 12.8 Å². The molecule has 0 atom stereocenters. The summed E-state index contributed by atoms with van der Waals surface area (Å²) in [4.78, 5) is 6.83. The molecule has 0 unspecified atom stereocenters. The molecule has 3 rings (SSSR count). The number of fused-ring (bicyclic) bond motifs is 1. The fourth-order valence-corrected chi connectivity index (χ4v) is 3.78. The molecule has 0 radical (unpaired) electrons. The number of hydrogen-bond donors (Lipinski definition) is 0. The van der Waals surface area contributed by atoms with Crippen molar-refractivity contribution < 1.29 is 8.95 Å². The van der Waals surface area contributed by atoms with E-state index in [9.17, 15) is 4.21 Å². The lowest BCUT2D eigenvalue weighted by Gasteiger charge is -2.30. The zero-order chi connectivity index (χ0) is 14.1. The van der Waals surface area contributed by atoms with E-state index in [1.165, 1.54) is 5.69 Å². The largest absolute Gasteiger partial charge is 0.494 e. The monoisotopic (exact) mass is 290 g/mol. The van der Waals surface area contributed by atoms with Crippen molar-refractivity contribution in [3.05, 3.63) is 30.0 Å². The summed E-state index contributed by atoms with van der Waals surface area (Å²) in [5.74, 6) is 2.28. The number of aryl methyl sites for hydroxylation is 1. The molecule has 1 saturated heterocycles. The van der Waals surface area contributed by atoms with E-state index in [0.717, 1.165) is 46.8 Å². The van der Waals surface area contributed by atoms with Crippen LogP contribution >= 0.6 is 0 Å². The Morgan fingerprint density at radius 3 is 2.75 bits per heavy atom. The van der Waals surface area contributed by atoms with Gasteiger partial charge in [-0.15, -0.1) is 0 Å². The third-order valence-electron chi connectivity index (χ3n) is 3.73. The first-order valence-electron chi connectivity index (χ1n) is 6.73. The molecule has 0 bridgehead atoms. The van der Waals surface area contributed by atoms with Gasteiger partial charge in [0.2, 0.25) is 0 Å². The Morgan fingerprint density at radius 2 is 2.05 bits per heavy atom. The molecule has 5 heteroatoms. The molecule has 4 nitrogen and oxygen atoms in total. The maximum Gasteiger partial charge on any atom is 0.145 e. The second kappa shape index (κ2) is 5.40. The first kappa shape index (κ1) is 13.4. The highest BCUT2D eigenvalue weighted by Crippen LogP contribution is 2.34. The van der Waals surface area contributed by atoms with Crippen molar-refractivity contribution >= 4 is 27.4 Å². The molecular weight excluding hydrogens is 272 g/mol. The van der Waals surface area contributed by atoms with E-state index in [1.54, 1.807) is 7.11 Å². The summed E-state index contributed by atoms with van der Waals surface area (Å²) in [6.07, 6.45) is 1.89. The van der Waals surface area contributed by atoms with Crippen molar-refractivity contribution in [1.29, 1.82) is 0 Å². The molecule has 0 aliphatic carbocycles. The number of anilines is 1. The Bertz CT molecular complexity index is 662.